The number of hydrogen-bond acceptors (Lipinski definition) is 5. The Balaban J connectivity index is 1.91. The quantitative estimate of drug-likeness (QED) is 0.332. The molecule has 0 unspecified atom stereocenters. The number of ketones is 1. The number of hydrogen-bond donors (Lipinski definition) is 2. The van der Waals surface area contributed by atoms with E-state index < -0.39 is 27.8 Å². The van der Waals surface area contributed by atoms with Crippen LogP contribution in [0.25, 0.3) is 5.76 Å². The molecular formula is C24H19ClN2O5S. The van der Waals surface area contributed by atoms with Crippen molar-refractivity contribution in [3.05, 3.63) is 100 Å². The number of amides is 1. The lowest BCUT2D eigenvalue weighted by atomic mass is 9.95. The fraction of sp³-hybridized carbons (Fsp3) is 0.0833. The maximum absolute atomic E-state index is 13.1. The van der Waals surface area contributed by atoms with Crippen molar-refractivity contribution in [2.45, 2.75) is 17.9 Å². The molecule has 1 aliphatic heterocycles. The number of benzene rings is 3. The lowest BCUT2D eigenvalue weighted by Crippen LogP contribution is -2.29. The molecule has 9 heteroatoms. The van der Waals surface area contributed by atoms with E-state index in [1.807, 2.05) is 6.92 Å². The van der Waals surface area contributed by atoms with Crippen LogP contribution in [0.4, 0.5) is 5.69 Å². The third-order valence-electron chi connectivity index (χ3n) is 5.40. The number of nitrogens with zero attached hydrogens (tertiary/aromatic N) is 1. The number of Topliss-reactive ketones (excluding diaryl/α,β-unsaturated/α-hetero) is 1. The van der Waals surface area contributed by atoms with Gasteiger partial charge in [0.15, 0.2) is 0 Å². The van der Waals surface area contributed by atoms with Gasteiger partial charge in [-0.2, -0.15) is 0 Å². The van der Waals surface area contributed by atoms with Crippen molar-refractivity contribution < 1.29 is 23.1 Å². The predicted molar refractivity (Wildman–Crippen MR) is 125 cm³/mol. The molecule has 1 saturated heterocycles. The summed E-state index contributed by atoms with van der Waals surface area (Å²) in [7, 11) is -3.94. The third-order valence-corrected chi connectivity index (χ3v) is 6.58. The molecule has 1 atom stereocenters. The van der Waals surface area contributed by atoms with E-state index in [0.717, 1.165) is 5.56 Å². The maximum Gasteiger partial charge on any atom is 0.300 e. The van der Waals surface area contributed by atoms with Crippen molar-refractivity contribution >= 4 is 44.8 Å². The number of halogens is 1. The zero-order valence-electron chi connectivity index (χ0n) is 17.4. The monoisotopic (exact) mass is 482 g/mol. The number of sulfonamides is 1. The molecule has 1 aliphatic rings. The predicted octanol–water partition coefficient (Wildman–Crippen LogP) is 3.92. The van der Waals surface area contributed by atoms with Gasteiger partial charge in [0.2, 0.25) is 10.0 Å². The summed E-state index contributed by atoms with van der Waals surface area (Å²) in [5, 5.41) is 16.7. The summed E-state index contributed by atoms with van der Waals surface area (Å²) < 4.78 is 23.2. The number of anilines is 1. The topological polar surface area (TPSA) is 118 Å². The van der Waals surface area contributed by atoms with Crippen LogP contribution in [0.3, 0.4) is 0 Å². The van der Waals surface area contributed by atoms with Gasteiger partial charge in [0.25, 0.3) is 11.7 Å². The molecule has 0 bridgehead atoms. The summed E-state index contributed by atoms with van der Waals surface area (Å²) in [6.07, 6.45) is 0. The first-order valence-electron chi connectivity index (χ1n) is 9.84. The van der Waals surface area contributed by atoms with E-state index in [9.17, 15) is 23.1 Å². The highest BCUT2D eigenvalue weighted by molar-refractivity contribution is 7.89. The lowest BCUT2D eigenvalue weighted by molar-refractivity contribution is -0.132. The van der Waals surface area contributed by atoms with Crippen LogP contribution in [0.15, 0.2) is 83.3 Å². The zero-order chi connectivity index (χ0) is 23.9. The summed E-state index contributed by atoms with van der Waals surface area (Å²) in [4.78, 5) is 27.3. The summed E-state index contributed by atoms with van der Waals surface area (Å²) in [5.41, 5.74) is 2.09. The van der Waals surface area contributed by atoms with Gasteiger partial charge in [0, 0.05) is 16.3 Å². The molecule has 0 aromatic heterocycles. The highest BCUT2D eigenvalue weighted by atomic mass is 35.5. The van der Waals surface area contributed by atoms with Crippen LogP contribution in [0.5, 0.6) is 0 Å². The molecule has 0 saturated carbocycles. The minimum atomic E-state index is -3.94. The molecule has 7 nitrogen and oxygen atoms in total. The van der Waals surface area contributed by atoms with E-state index in [1.54, 1.807) is 48.5 Å². The Morgan fingerprint density at radius 2 is 1.52 bits per heavy atom. The van der Waals surface area contributed by atoms with Gasteiger partial charge < -0.3 is 5.11 Å². The van der Waals surface area contributed by atoms with Gasteiger partial charge >= 0.3 is 0 Å². The fourth-order valence-corrected chi connectivity index (χ4v) is 4.36. The minimum Gasteiger partial charge on any atom is -0.507 e. The van der Waals surface area contributed by atoms with Crippen LogP contribution in [-0.4, -0.2) is 25.2 Å². The van der Waals surface area contributed by atoms with Crippen molar-refractivity contribution in [1.29, 1.82) is 0 Å². The number of carbonyl (C=O) groups is 2. The van der Waals surface area contributed by atoms with E-state index in [-0.39, 0.29) is 21.9 Å². The molecule has 1 amide bonds. The number of carbonyl (C=O) groups excluding carboxylic acids is 2. The maximum atomic E-state index is 13.1. The van der Waals surface area contributed by atoms with Crippen molar-refractivity contribution in [3.8, 4) is 0 Å². The number of primary sulfonamides is 1. The molecule has 3 N–H and O–H groups in total. The molecule has 0 radical (unpaired) electrons. The summed E-state index contributed by atoms with van der Waals surface area (Å²) >= 11 is 6.02. The van der Waals surface area contributed by atoms with Crippen molar-refractivity contribution in [1.82, 2.24) is 0 Å². The van der Waals surface area contributed by atoms with Gasteiger partial charge in [-0.1, -0.05) is 53.6 Å². The van der Waals surface area contributed by atoms with E-state index in [0.29, 0.717) is 16.1 Å². The summed E-state index contributed by atoms with van der Waals surface area (Å²) in [6.45, 7) is 1.89. The number of aliphatic hydroxyl groups is 1. The SMILES string of the molecule is Cc1ccc(/C(O)=C2\C(=O)C(=O)N(c3ccc(S(N)(=O)=O)cc3)[C@@H]2c2ccc(Cl)cc2)cc1. The van der Waals surface area contributed by atoms with Gasteiger partial charge in [0.05, 0.1) is 16.5 Å². The van der Waals surface area contributed by atoms with Gasteiger partial charge in [-0.05, 0) is 48.9 Å². The summed E-state index contributed by atoms with van der Waals surface area (Å²) in [6, 6.07) is 17.8. The standard InChI is InChI=1S/C24H19ClN2O5S/c1-14-2-4-16(5-3-14)22(28)20-21(15-6-8-17(25)9-7-15)27(24(30)23(20)29)18-10-12-19(13-11-18)33(26,31)32/h2-13,21,28H,1H3,(H2,26,31,32)/b22-20+/t21-/m1/s1. The van der Waals surface area contributed by atoms with Crippen molar-refractivity contribution in [3.63, 3.8) is 0 Å². The van der Waals surface area contributed by atoms with Crippen LogP contribution in [0.2, 0.25) is 5.02 Å². The van der Waals surface area contributed by atoms with E-state index in [2.05, 4.69) is 0 Å². The molecular weight excluding hydrogens is 464 g/mol. The number of nitrogens with two attached hydrogens (primary N) is 1. The van der Waals surface area contributed by atoms with Gasteiger partial charge in [0.1, 0.15) is 5.76 Å². The molecule has 168 valence electrons. The first kappa shape index (κ1) is 22.7. The second-order valence-corrected chi connectivity index (χ2v) is 9.62. The number of aliphatic hydroxyl groups excluding tert-OH is 1. The van der Waals surface area contributed by atoms with Crippen molar-refractivity contribution in [2.75, 3.05) is 4.90 Å². The van der Waals surface area contributed by atoms with Gasteiger partial charge in [-0.15, -0.1) is 0 Å². The molecule has 33 heavy (non-hydrogen) atoms. The Morgan fingerprint density at radius 1 is 0.939 bits per heavy atom. The zero-order valence-corrected chi connectivity index (χ0v) is 19.0. The van der Waals surface area contributed by atoms with Crippen LogP contribution in [-0.2, 0) is 19.6 Å². The van der Waals surface area contributed by atoms with E-state index in [4.69, 9.17) is 16.7 Å². The Labute approximate surface area is 195 Å². The normalized spacial score (nSPS) is 18.0. The Hall–Kier alpha value is -3.46. The fourth-order valence-electron chi connectivity index (χ4n) is 3.72. The highest BCUT2D eigenvalue weighted by Crippen LogP contribution is 2.42. The Bertz CT molecular complexity index is 1380. The lowest BCUT2D eigenvalue weighted by Gasteiger charge is -2.25. The number of aryl methyl sites for hydroxylation is 1. The highest BCUT2D eigenvalue weighted by Gasteiger charge is 2.47. The average molecular weight is 483 g/mol. The second-order valence-electron chi connectivity index (χ2n) is 7.63. The van der Waals surface area contributed by atoms with Crippen LogP contribution in [0, 0.1) is 6.92 Å². The Morgan fingerprint density at radius 3 is 2.06 bits per heavy atom. The molecule has 1 heterocycles. The first-order valence-corrected chi connectivity index (χ1v) is 11.8. The van der Waals surface area contributed by atoms with E-state index in [1.165, 1.54) is 29.2 Å². The molecule has 0 aliphatic carbocycles. The molecule has 3 aromatic rings. The molecule has 1 fully saturated rings. The average Bonchev–Trinajstić information content (AvgIpc) is 3.04. The molecule has 0 spiro atoms. The van der Waals surface area contributed by atoms with Gasteiger partial charge in [-0.25, -0.2) is 13.6 Å². The minimum absolute atomic E-state index is 0.0818. The van der Waals surface area contributed by atoms with Gasteiger partial charge in [-0.3, -0.25) is 14.5 Å². The molecule has 3 aromatic carbocycles. The third kappa shape index (κ3) is 4.28. The second kappa shape index (κ2) is 8.47. The largest absolute Gasteiger partial charge is 0.507 e. The van der Waals surface area contributed by atoms with Crippen LogP contribution in [0.1, 0.15) is 22.7 Å². The van der Waals surface area contributed by atoms with Crippen molar-refractivity contribution in [2.24, 2.45) is 5.14 Å². The summed E-state index contributed by atoms with van der Waals surface area (Å²) in [5.74, 6) is -2.02. The van der Waals surface area contributed by atoms with Crippen LogP contribution < -0.4 is 10.0 Å². The number of rotatable bonds is 4. The van der Waals surface area contributed by atoms with Crippen LogP contribution >= 0.6 is 11.6 Å². The smallest absolute Gasteiger partial charge is 0.300 e. The molecule has 4 rings (SSSR count). The Kier molecular flexibility index (Phi) is 5.84. The van der Waals surface area contributed by atoms with E-state index >= 15 is 0 Å². The first-order chi connectivity index (χ1) is 15.6.